The number of nitrogens with one attached hydrogen (secondary N) is 1. The standard InChI is InChI=1S/C11H17NO4/c1-13-8-9(10-3-2-4-14-10)12-7-11-15-5-6-16-11/h2-4,9,11-12H,5-8H2,1H3/t9-/m0/s1. The molecule has 0 saturated carbocycles. The third-order valence-electron chi connectivity index (χ3n) is 2.44. The summed E-state index contributed by atoms with van der Waals surface area (Å²) >= 11 is 0. The van der Waals surface area contributed by atoms with Crippen LogP contribution >= 0.6 is 0 Å². The molecule has 5 heteroatoms. The fraction of sp³-hybridized carbons (Fsp3) is 0.636. The van der Waals surface area contributed by atoms with E-state index in [9.17, 15) is 0 Å². The molecule has 0 spiro atoms. The Morgan fingerprint density at radius 2 is 2.31 bits per heavy atom. The van der Waals surface area contributed by atoms with Crippen LogP contribution in [0.15, 0.2) is 22.8 Å². The molecule has 0 aromatic carbocycles. The minimum Gasteiger partial charge on any atom is -0.468 e. The highest BCUT2D eigenvalue weighted by molar-refractivity contribution is 5.04. The molecule has 0 unspecified atom stereocenters. The van der Waals surface area contributed by atoms with Gasteiger partial charge in [0, 0.05) is 13.7 Å². The van der Waals surface area contributed by atoms with Gasteiger partial charge in [0.05, 0.1) is 32.1 Å². The molecule has 1 aliphatic rings. The molecule has 0 aliphatic carbocycles. The van der Waals surface area contributed by atoms with E-state index in [0.29, 0.717) is 26.4 Å². The average Bonchev–Trinajstić information content (AvgIpc) is 2.96. The summed E-state index contributed by atoms with van der Waals surface area (Å²) in [6.45, 7) is 2.53. The van der Waals surface area contributed by atoms with E-state index < -0.39 is 0 Å². The number of hydrogen-bond donors (Lipinski definition) is 1. The highest BCUT2D eigenvalue weighted by atomic mass is 16.7. The molecule has 1 aromatic heterocycles. The van der Waals surface area contributed by atoms with Gasteiger partial charge in [0.1, 0.15) is 5.76 Å². The molecule has 2 heterocycles. The number of rotatable bonds is 6. The van der Waals surface area contributed by atoms with Crippen LogP contribution in [0.25, 0.3) is 0 Å². The van der Waals surface area contributed by atoms with E-state index in [4.69, 9.17) is 18.6 Å². The molecule has 1 aromatic rings. The van der Waals surface area contributed by atoms with Gasteiger partial charge in [0.2, 0.25) is 0 Å². The molecule has 1 saturated heterocycles. The summed E-state index contributed by atoms with van der Waals surface area (Å²) in [5.41, 5.74) is 0. The van der Waals surface area contributed by atoms with E-state index in [1.165, 1.54) is 0 Å². The highest BCUT2D eigenvalue weighted by Gasteiger charge is 2.19. The van der Waals surface area contributed by atoms with Crippen molar-refractivity contribution >= 4 is 0 Å². The summed E-state index contributed by atoms with van der Waals surface area (Å²) in [4.78, 5) is 0. The van der Waals surface area contributed by atoms with Crippen LogP contribution in [0.2, 0.25) is 0 Å². The van der Waals surface area contributed by atoms with Gasteiger partial charge < -0.3 is 23.9 Å². The molecule has 0 bridgehead atoms. The molecule has 5 nitrogen and oxygen atoms in total. The lowest BCUT2D eigenvalue weighted by molar-refractivity contribution is -0.0424. The van der Waals surface area contributed by atoms with Crippen molar-refractivity contribution < 1.29 is 18.6 Å². The molecule has 16 heavy (non-hydrogen) atoms. The lowest BCUT2D eigenvalue weighted by Crippen LogP contribution is -2.32. The Labute approximate surface area is 94.7 Å². The first-order valence-corrected chi connectivity index (χ1v) is 5.39. The maximum absolute atomic E-state index is 5.34. The van der Waals surface area contributed by atoms with Crippen molar-refractivity contribution in [2.75, 3.05) is 33.5 Å². The van der Waals surface area contributed by atoms with E-state index in [2.05, 4.69) is 5.32 Å². The van der Waals surface area contributed by atoms with E-state index in [0.717, 1.165) is 5.76 Å². The summed E-state index contributed by atoms with van der Waals surface area (Å²) in [6, 6.07) is 3.82. The van der Waals surface area contributed by atoms with Crippen LogP contribution in [-0.4, -0.2) is 39.8 Å². The van der Waals surface area contributed by atoms with Crippen LogP contribution in [0, 0.1) is 0 Å². The first-order chi connectivity index (χ1) is 7.90. The Morgan fingerprint density at radius 3 is 2.94 bits per heavy atom. The van der Waals surface area contributed by atoms with Crippen molar-refractivity contribution in [3.8, 4) is 0 Å². The third kappa shape index (κ3) is 3.05. The first kappa shape index (κ1) is 11.6. The predicted octanol–water partition coefficient (Wildman–Crippen LogP) is 0.930. The smallest absolute Gasteiger partial charge is 0.170 e. The van der Waals surface area contributed by atoms with E-state index in [-0.39, 0.29) is 12.3 Å². The molecule has 0 amide bonds. The number of ether oxygens (including phenoxy) is 3. The average molecular weight is 227 g/mol. The van der Waals surface area contributed by atoms with Gasteiger partial charge >= 0.3 is 0 Å². The van der Waals surface area contributed by atoms with Crippen molar-refractivity contribution in [1.82, 2.24) is 5.32 Å². The van der Waals surface area contributed by atoms with Crippen molar-refractivity contribution in [3.63, 3.8) is 0 Å². The molecule has 2 rings (SSSR count). The molecular weight excluding hydrogens is 210 g/mol. The Balaban J connectivity index is 1.82. The molecule has 1 aliphatic heterocycles. The fourth-order valence-corrected chi connectivity index (χ4v) is 1.66. The zero-order valence-corrected chi connectivity index (χ0v) is 9.35. The lowest BCUT2D eigenvalue weighted by Gasteiger charge is -2.17. The van der Waals surface area contributed by atoms with Gasteiger partial charge in [0.25, 0.3) is 0 Å². The molecule has 1 atom stereocenters. The first-order valence-electron chi connectivity index (χ1n) is 5.39. The summed E-state index contributed by atoms with van der Waals surface area (Å²) in [7, 11) is 1.67. The second kappa shape index (κ2) is 6.00. The molecule has 1 fully saturated rings. The Bertz CT molecular complexity index is 282. The van der Waals surface area contributed by atoms with Gasteiger partial charge in [-0.15, -0.1) is 0 Å². The molecule has 90 valence electrons. The maximum atomic E-state index is 5.34. The van der Waals surface area contributed by atoms with Crippen LogP contribution in [0.3, 0.4) is 0 Å². The number of furan rings is 1. The molecule has 0 radical (unpaired) electrons. The maximum Gasteiger partial charge on any atom is 0.170 e. The number of methoxy groups -OCH3 is 1. The van der Waals surface area contributed by atoms with E-state index in [1.807, 2.05) is 12.1 Å². The van der Waals surface area contributed by atoms with Crippen molar-refractivity contribution in [1.29, 1.82) is 0 Å². The van der Waals surface area contributed by atoms with Crippen LogP contribution in [-0.2, 0) is 14.2 Å². The summed E-state index contributed by atoms with van der Waals surface area (Å²) < 4.78 is 21.2. The topological polar surface area (TPSA) is 52.9 Å². The van der Waals surface area contributed by atoms with Crippen LogP contribution < -0.4 is 5.32 Å². The van der Waals surface area contributed by atoms with Gasteiger partial charge in [-0.2, -0.15) is 0 Å². The largest absolute Gasteiger partial charge is 0.468 e. The predicted molar refractivity (Wildman–Crippen MR) is 57.0 cm³/mol. The summed E-state index contributed by atoms with van der Waals surface area (Å²) in [5.74, 6) is 0.861. The summed E-state index contributed by atoms with van der Waals surface area (Å²) in [5, 5.41) is 3.30. The van der Waals surface area contributed by atoms with Crippen LogP contribution in [0.5, 0.6) is 0 Å². The Morgan fingerprint density at radius 1 is 1.50 bits per heavy atom. The zero-order chi connectivity index (χ0) is 11.2. The van der Waals surface area contributed by atoms with Gasteiger partial charge in [-0.25, -0.2) is 0 Å². The Hall–Kier alpha value is -0.880. The fourth-order valence-electron chi connectivity index (χ4n) is 1.66. The lowest BCUT2D eigenvalue weighted by atomic mass is 10.2. The quantitative estimate of drug-likeness (QED) is 0.783. The SMILES string of the molecule is COC[C@H](NCC1OCCO1)c1ccco1. The van der Waals surface area contributed by atoms with Crippen molar-refractivity contribution in [2.45, 2.75) is 12.3 Å². The van der Waals surface area contributed by atoms with Gasteiger partial charge in [0.15, 0.2) is 6.29 Å². The monoisotopic (exact) mass is 227 g/mol. The molecule has 1 N–H and O–H groups in total. The normalized spacial score (nSPS) is 19.1. The van der Waals surface area contributed by atoms with Crippen LogP contribution in [0.4, 0.5) is 0 Å². The minimum atomic E-state index is -0.158. The van der Waals surface area contributed by atoms with E-state index >= 15 is 0 Å². The minimum absolute atomic E-state index is 0.0350. The van der Waals surface area contributed by atoms with Gasteiger partial charge in [-0.05, 0) is 12.1 Å². The second-order valence-corrected chi connectivity index (χ2v) is 3.60. The van der Waals surface area contributed by atoms with Crippen molar-refractivity contribution in [3.05, 3.63) is 24.2 Å². The summed E-state index contributed by atoms with van der Waals surface area (Å²) in [6.07, 6.45) is 1.50. The van der Waals surface area contributed by atoms with Crippen LogP contribution in [0.1, 0.15) is 11.8 Å². The zero-order valence-electron chi connectivity index (χ0n) is 9.35. The second-order valence-electron chi connectivity index (χ2n) is 3.60. The number of hydrogen-bond acceptors (Lipinski definition) is 5. The van der Waals surface area contributed by atoms with Gasteiger partial charge in [-0.1, -0.05) is 0 Å². The van der Waals surface area contributed by atoms with E-state index in [1.54, 1.807) is 13.4 Å². The Kier molecular flexibility index (Phi) is 4.35. The highest BCUT2D eigenvalue weighted by Crippen LogP contribution is 2.14. The third-order valence-corrected chi connectivity index (χ3v) is 2.44. The molecular formula is C11H17NO4. The van der Waals surface area contributed by atoms with Gasteiger partial charge in [-0.3, -0.25) is 0 Å². The van der Waals surface area contributed by atoms with Crippen molar-refractivity contribution in [2.24, 2.45) is 0 Å².